The third-order valence-corrected chi connectivity index (χ3v) is 4.35. The smallest absolute Gasteiger partial charge is 0.337 e. The van der Waals surface area contributed by atoms with Crippen molar-refractivity contribution in [1.82, 2.24) is 4.98 Å². The number of methoxy groups -OCH3 is 2. The molecule has 0 amide bonds. The van der Waals surface area contributed by atoms with Crippen LogP contribution in [0.4, 0.5) is 0 Å². The van der Waals surface area contributed by atoms with Crippen molar-refractivity contribution in [3.05, 3.63) is 58.6 Å². The minimum Gasteiger partial charge on any atom is -0.497 e. The van der Waals surface area contributed by atoms with Gasteiger partial charge in [-0.15, -0.1) is 11.3 Å². The van der Waals surface area contributed by atoms with Crippen LogP contribution >= 0.6 is 11.3 Å². The van der Waals surface area contributed by atoms with E-state index in [1.54, 1.807) is 30.6 Å². The lowest BCUT2D eigenvalue weighted by atomic mass is 10.1. The molecule has 0 atom stereocenters. The molecule has 1 aromatic heterocycles. The molecule has 4 nitrogen and oxygen atoms in total. The highest BCUT2D eigenvalue weighted by Gasteiger charge is 2.04. The minimum absolute atomic E-state index is 0.333. The first kappa shape index (κ1) is 15.2. The SMILES string of the molecule is COC(=O)c1ccc(C=Cc2nc3ccc(OC)cc3s2)cc1. The van der Waals surface area contributed by atoms with E-state index in [1.807, 2.05) is 42.5 Å². The fourth-order valence-electron chi connectivity index (χ4n) is 2.14. The van der Waals surface area contributed by atoms with Crippen molar-refractivity contribution in [3.63, 3.8) is 0 Å². The van der Waals surface area contributed by atoms with E-state index in [1.165, 1.54) is 7.11 Å². The van der Waals surface area contributed by atoms with Crippen LogP contribution in [0.1, 0.15) is 20.9 Å². The summed E-state index contributed by atoms with van der Waals surface area (Å²) in [6, 6.07) is 13.1. The van der Waals surface area contributed by atoms with E-state index >= 15 is 0 Å². The van der Waals surface area contributed by atoms with Gasteiger partial charge in [0.1, 0.15) is 10.8 Å². The summed E-state index contributed by atoms with van der Waals surface area (Å²) in [5.41, 5.74) is 2.49. The van der Waals surface area contributed by atoms with E-state index in [-0.39, 0.29) is 5.97 Å². The van der Waals surface area contributed by atoms with Crippen LogP contribution in [0.2, 0.25) is 0 Å². The van der Waals surface area contributed by atoms with Gasteiger partial charge in [0.05, 0.1) is 30.0 Å². The molecular weight excluding hydrogens is 310 g/mol. The predicted octanol–water partition coefficient (Wildman–Crippen LogP) is 4.26. The summed E-state index contributed by atoms with van der Waals surface area (Å²) in [6.45, 7) is 0. The van der Waals surface area contributed by atoms with Crippen LogP contribution in [-0.2, 0) is 4.74 Å². The predicted molar refractivity (Wildman–Crippen MR) is 92.9 cm³/mol. The van der Waals surface area contributed by atoms with Crippen molar-refractivity contribution < 1.29 is 14.3 Å². The number of carbonyl (C=O) groups excluding carboxylic acids is 1. The molecule has 0 spiro atoms. The van der Waals surface area contributed by atoms with Crippen molar-refractivity contribution >= 4 is 39.7 Å². The fraction of sp³-hybridized carbons (Fsp3) is 0.111. The number of ether oxygens (including phenoxy) is 2. The van der Waals surface area contributed by atoms with Gasteiger partial charge in [0.2, 0.25) is 0 Å². The zero-order valence-electron chi connectivity index (χ0n) is 12.8. The van der Waals surface area contributed by atoms with Crippen LogP contribution in [0.3, 0.4) is 0 Å². The molecule has 0 saturated heterocycles. The molecule has 0 aliphatic heterocycles. The van der Waals surface area contributed by atoms with Gasteiger partial charge >= 0.3 is 5.97 Å². The first-order valence-electron chi connectivity index (χ1n) is 7.00. The van der Waals surface area contributed by atoms with E-state index in [0.717, 1.165) is 26.5 Å². The Morgan fingerprint density at radius 1 is 1.09 bits per heavy atom. The van der Waals surface area contributed by atoms with Gasteiger partial charge in [-0.25, -0.2) is 9.78 Å². The van der Waals surface area contributed by atoms with Crippen molar-refractivity contribution in [3.8, 4) is 5.75 Å². The number of benzene rings is 2. The van der Waals surface area contributed by atoms with Crippen molar-refractivity contribution in [2.75, 3.05) is 14.2 Å². The third kappa shape index (κ3) is 3.40. The maximum absolute atomic E-state index is 11.4. The molecule has 0 N–H and O–H groups in total. The quantitative estimate of drug-likeness (QED) is 0.672. The van der Waals surface area contributed by atoms with E-state index < -0.39 is 0 Å². The summed E-state index contributed by atoms with van der Waals surface area (Å²) in [7, 11) is 3.03. The third-order valence-electron chi connectivity index (χ3n) is 3.36. The van der Waals surface area contributed by atoms with Crippen molar-refractivity contribution in [2.24, 2.45) is 0 Å². The van der Waals surface area contributed by atoms with Crippen LogP contribution in [-0.4, -0.2) is 25.2 Å². The Morgan fingerprint density at radius 3 is 2.57 bits per heavy atom. The maximum Gasteiger partial charge on any atom is 0.337 e. The number of thiazole rings is 1. The summed E-state index contributed by atoms with van der Waals surface area (Å²) in [6.07, 6.45) is 3.93. The van der Waals surface area contributed by atoms with Gasteiger partial charge in [-0.05, 0) is 42.0 Å². The topological polar surface area (TPSA) is 48.4 Å². The average molecular weight is 325 g/mol. The number of hydrogen-bond donors (Lipinski definition) is 0. The molecule has 23 heavy (non-hydrogen) atoms. The zero-order valence-corrected chi connectivity index (χ0v) is 13.6. The van der Waals surface area contributed by atoms with E-state index in [4.69, 9.17) is 4.74 Å². The second kappa shape index (κ2) is 6.62. The second-order valence-corrected chi connectivity index (χ2v) is 5.89. The molecule has 0 bridgehead atoms. The van der Waals surface area contributed by atoms with E-state index in [0.29, 0.717) is 5.56 Å². The summed E-state index contributed by atoms with van der Waals surface area (Å²) >= 11 is 1.61. The van der Waals surface area contributed by atoms with E-state index in [2.05, 4.69) is 9.72 Å². The number of hydrogen-bond acceptors (Lipinski definition) is 5. The molecule has 0 radical (unpaired) electrons. The molecule has 5 heteroatoms. The molecule has 2 aromatic carbocycles. The summed E-state index contributed by atoms with van der Waals surface area (Å²) < 4.78 is 11.0. The molecule has 3 aromatic rings. The van der Waals surface area contributed by atoms with Crippen LogP contribution in [0.25, 0.3) is 22.4 Å². The Hall–Kier alpha value is -2.66. The number of carbonyl (C=O) groups is 1. The van der Waals surface area contributed by atoms with Crippen LogP contribution in [0, 0.1) is 0 Å². The van der Waals surface area contributed by atoms with Crippen LogP contribution in [0.15, 0.2) is 42.5 Å². The molecule has 0 saturated carbocycles. The number of aromatic nitrogens is 1. The fourth-order valence-corrected chi connectivity index (χ4v) is 3.04. The maximum atomic E-state index is 11.4. The van der Waals surface area contributed by atoms with Gasteiger partial charge in [0.25, 0.3) is 0 Å². The summed E-state index contributed by atoms with van der Waals surface area (Å²) in [5.74, 6) is 0.496. The Balaban J connectivity index is 1.80. The first-order valence-corrected chi connectivity index (χ1v) is 7.82. The van der Waals surface area contributed by atoms with Gasteiger partial charge in [-0.3, -0.25) is 0 Å². The Labute approximate surface area is 138 Å². The first-order chi connectivity index (χ1) is 11.2. The molecule has 0 unspecified atom stereocenters. The number of fused-ring (bicyclic) bond motifs is 1. The van der Waals surface area contributed by atoms with Gasteiger partial charge < -0.3 is 9.47 Å². The van der Waals surface area contributed by atoms with Crippen molar-refractivity contribution in [1.29, 1.82) is 0 Å². The Kier molecular flexibility index (Phi) is 4.39. The lowest BCUT2D eigenvalue weighted by Crippen LogP contribution is -2.00. The molecule has 1 heterocycles. The largest absolute Gasteiger partial charge is 0.497 e. The minimum atomic E-state index is -0.333. The molecule has 116 valence electrons. The lowest BCUT2D eigenvalue weighted by molar-refractivity contribution is 0.0600. The van der Waals surface area contributed by atoms with Gasteiger partial charge in [0.15, 0.2) is 0 Å². The molecule has 0 fully saturated rings. The van der Waals surface area contributed by atoms with Gasteiger partial charge in [0, 0.05) is 0 Å². The lowest BCUT2D eigenvalue weighted by Gasteiger charge is -1.98. The standard InChI is InChI=1S/C18H15NO3S/c1-21-14-8-9-15-16(11-14)23-17(19-15)10-5-12-3-6-13(7-4-12)18(20)22-2/h3-11H,1-2H3. The van der Waals surface area contributed by atoms with Crippen LogP contribution < -0.4 is 4.74 Å². The normalized spacial score (nSPS) is 11.0. The summed E-state index contributed by atoms with van der Waals surface area (Å²) in [5, 5.41) is 0.922. The highest BCUT2D eigenvalue weighted by molar-refractivity contribution is 7.19. The average Bonchev–Trinajstić information content (AvgIpc) is 3.01. The molecule has 0 aliphatic carbocycles. The number of nitrogens with zero attached hydrogens (tertiary/aromatic N) is 1. The molecule has 3 rings (SSSR count). The Morgan fingerprint density at radius 2 is 1.87 bits per heavy atom. The Bertz CT molecular complexity index is 866. The highest BCUT2D eigenvalue weighted by Crippen LogP contribution is 2.27. The van der Waals surface area contributed by atoms with Crippen molar-refractivity contribution in [2.45, 2.75) is 0 Å². The monoisotopic (exact) mass is 325 g/mol. The summed E-state index contributed by atoms with van der Waals surface area (Å²) in [4.78, 5) is 16.0. The number of esters is 1. The van der Waals surface area contributed by atoms with E-state index in [9.17, 15) is 4.79 Å². The van der Waals surface area contributed by atoms with Gasteiger partial charge in [-0.1, -0.05) is 18.2 Å². The highest BCUT2D eigenvalue weighted by atomic mass is 32.1. The zero-order chi connectivity index (χ0) is 16.2. The number of rotatable bonds is 4. The molecular formula is C18H15NO3S. The molecule has 0 aliphatic rings. The van der Waals surface area contributed by atoms with Gasteiger partial charge in [-0.2, -0.15) is 0 Å². The second-order valence-electron chi connectivity index (χ2n) is 4.83. The van der Waals surface area contributed by atoms with Crippen LogP contribution in [0.5, 0.6) is 5.75 Å².